The highest BCUT2D eigenvalue weighted by molar-refractivity contribution is 5.84. The topological polar surface area (TPSA) is 64.2 Å². The quantitative estimate of drug-likeness (QED) is 0.934. The van der Waals surface area contributed by atoms with Crippen LogP contribution in [0.1, 0.15) is 31.9 Å². The first kappa shape index (κ1) is 16.6. The zero-order valence-corrected chi connectivity index (χ0v) is 13.5. The third-order valence-electron chi connectivity index (χ3n) is 4.72. The molecule has 1 atom stereocenters. The summed E-state index contributed by atoms with van der Waals surface area (Å²) in [7, 11) is 0. The lowest BCUT2D eigenvalue weighted by molar-refractivity contribution is -0.132. The number of nitrogens with two attached hydrogens (primary N) is 1. The van der Waals surface area contributed by atoms with Gasteiger partial charge in [-0.15, -0.1) is 0 Å². The van der Waals surface area contributed by atoms with E-state index in [0.29, 0.717) is 12.2 Å². The first-order chi connectivity index (χ1) is 11.4. The van der Waals surface area contributed by atoms with Gasteiger partial charge < -0.3 is 5.73 Å². The molecule has 1 saturated heterocycles. The molecule has 0 unspecified atom stereocenters. The summed E-state index contributed by atoms with van der Waals surface area (Å²) in [5.74, 6) is -1.65. The SMILES string of the molecule is C[C@@]1(C(N)=O)CCCCN1Cc1ccn(-c2ccc(F)cc2F)n1. The third kappa shape index (κ3) is 3.03. The molecule has 7 heteroatoms. The maximum atomic E-state index is 13.9. The smallest absolute Gasteiger partial charge is 0.237 e. The lowest BCUT2D eigenvalue weighted by Crippen LogP contribution is -2.57. The molecule has 2 heterocycles. The minimum Gasteiger partial charge on any atom is -0.368 e. The summed E-state index contributed by atoms with van der Waals surface area (Å²) in [5.41, 5.74) is 5.77. The van der Waals surface area contributed by atoms with E-state index < -0.39 is 17.2 Å². The Hall–Kier alpha value is -2.28. The minimum atomic E-state index is -0.691. The van der Waals surface area contributed by atoms with Gasteiger partial charge in [0.15, 0.2) is 5.82 Å². The molecule has 24 heavy (non-hydrogen) atoms. The summed E-state index contributed by atoms with van der Waals surface area (Å²) < 4.78 is 28.2. The Balaban J connectivity index is 1.82. The van der Waals surface area contributed by atoms with E-state index in [-0.39, 0.29) is 11.6 Å². The zero-order chi connectivity index (χ0) is 17.3. The minimum absolute atomic E-state index is 0.180. The molecule has 3 rings (SSSR count). The van der Waals surface area contributed by atoms with Crippen molar-refractivity contribution in [3.8, 4) is 5.69 Å². The van der Waals surface area contributed by atoms with Crippen molar-refractivity contribution in [3.63, 3.8) is 0 Å². The number of nitrogens with zero attached hydrogens (tertiary/aromatic N) is 3. The maximum absolute atomic E-state index is 13.9. The van der Waals surface area contributed by atoms with Crippen LogP contribution in [0.5, 0.6) is 0 Å². The molecule has 0 saturated carbocycles. The molecule has 0 bridgehead atoms. The summed E-state index contributed by atoms with van der Waals surface area (Å²) in [4.78, 5) is 13.9. The number of halogens is 2. The highest BCUT2D eigenvalue weighted by Gasteiger charge is 2.39. The fraction of sp³-hybridized carbons (Fsp3) is 0.412. The molecule has 1 aromatic carbocycles. The number of aromatic nitrogens is 2. The number of hydrogen-bond donors (Lipinski definition) is 1. The van der Waals surface area contributed by atoms with Gasteiger partial charge in [-0.3, -0.25) is 9.69 Å². The number of benzene rings is 1. The van der Waals surface area contributed by atoms with E-state index in [0.717, 1.165) is 31.9 Å². The molecular formula is C17H20F2N4O. The second kappa shape index (κ2) is 6.32. The lowest BCUT2D eigenvalue weighted by atomic mass is 9.87. The molecule has 0 radical (unpaired) electrons. The molecule has 0 aliphatic carbocycles. The number of amides is 1. The Morgan fingerprint density at radius 3 is 2.83 bits per heavy atom. The Morgan fingerprint density at radius 1 is 1.33 bits per heavy atom. The Labute approximate surface area is 139 Å². The molecule has 1 aliphatic heterocycles. The lowest BCUT2D eigenvalue weighted by Gasteiger charge is -2.42. The van der Waals surface area contributed by atoms with Gasteiger partial charge in [-0.2, -0.15) is 5.10 Å². The van der Waals surface area contributed by atoms with Crippen molar-refractivity contribution in [1.29, 1.82) is 0 Å². The number of carbonyl (C=O) groups is 1. The zero-order valence-electron chi connectivity index (χ0n) is 13.5. The maximum Gasteiger partial charge on any atom is 0.237 e. The Bertz CT molecular complexity index is 761. The monoisotopic (exact) mass is 334 g/mol. The number of hydrogen-bond acceptors (Lipinski definition) is 3. The van der Waals surface area contributed by atoms with Crippen LogP contribution in [0, 0.1) is 11.6 Å². The van der Waals surface area contributed by atoms with E-state index in [1.165, 1.54) is 16.8 Å². The molecule has 5 nitrogen and oxygen atoms in total. The van der Waals surface area contributed by atoms with Crippen LogP contribution in [0.2, 0.25) is 0 Å². The highest BCUT2D eigenvalue weighted by atomic mass is 19.1. The number of rotatable bonds is 4. The van der Waals surface area contributed by atoms with Crippen LogP contribution in [0.3, 0.4) is 0 Å². The van der Waals surface area contributed by atoms with Crippen LogP contribution in [-0.4, -0.2) is 32.7 Å². The molecule has 1 aromatic heterocycles. The Morgan fingerprint density at radius 2 is 2.12 bits per heavy atom. The van der Waals surface area contributed by atoms with E-state index >= 15 is 0 Å². The van der Waals surface area contributed by atoms with Gasteiger partial charge in [-0.05, 0) is 50.9 Å². The van der Waals surface area contributed by atoms with Crippen LogP contribution in [0.25, 0.3) is 5.69 Å². The van der Waals surface area contributed by atoms with Crippen molar-refractivity contribution < 1.29 is 13.6 Å². The van der Waals surface area contributed by atoms with Gasteiger partial charge in [0.05, 0.1) is 11.2 Å². The fourth-order valence-electron chi connectivity index (χ4n) is 3.15. The van der Waals surface area contributed by atoms with E-state index in [2.05, 4.69) is 5.10 Å². The second-order valence-corrected chi connectivity index (χ2v) is 6.36. The average molecular weight is 334 g/mol. The normalized spacial score (nSPS) is 21.8. The van der Waals surface area contributed by atoms with E-state index in [4.69, 9.17) is 5.73 Å². The largest absolute Gasteiger partial charge is 0.368 e. The molecule has 1 aliphatic rings. The highest BCUT2D eigenvalue weighted by Crippen LogP contribution is 2.29. The van der Waals surface area contributed by atoms with Crippen molar-refractivity contribution in [1.82, 2.24) is 14.7 Å². The van der Waals surface area contributed by atoms with Gasteiger partial charge in [-0.1, -0.05) is 0 Å². The first-order valence-electron chi connectivity index (χ1n) is 7.95. The van der Waals surface area contributed by atoms with E-state index in [1.807, 2.05) is 11.8 Å². The number of primary amides is 1. The predicted molar refractivity (Wildman–Crippen MR) is 85.3 cm³/mol. The summed E-state index contributed by atoms with van der Waals surface area (Å²) in [6.07, 6.45) is 4.30. The van der Waals surface area contributed by atoms with Gasteiger partial charge in [0.1, 0.15) is 11.5 Å². The summed E-state index contributed by atoms with van der Waals surface area (Å²) in [6.45, 7) is 3.07. The van der Waals surface area contributed by atoms with E-state index in [1.54, 1.807) is 12.3 Å². The van der Waals surface area contributed by atoms with Gasteiger partial charge >= 0.3 is 0 Å². The van der Waals surface area contributed by atoms with E-state index in [9.17, 15) is 13.6 Å². The van der Waals surface area contributed by atoms with Crippen LogP contribution in [-0.2, 0) is 11.3 Å². The average Bonchev–Trinajstić information content (AvgIpc) is 2.98. The van der Waals surface area contributed by atoms with Crippen molar-refractivity contribution in [2.75, 3.05) is 6.54 Å². The molecule has 1 fully saturated rings. The van der Waals surface area contributed by atoms with Gasteiger partial charge in [0.2, 0.25) is 5.91 Å². The number of carbonyl (C=O) groups excluding carboxylic acids is 1. The number of piperidine rings is 1. The summed E-state index contributed by atoms with van der Waals surface area (Å²) in [6, 6.07) is 5.12. The summed E-state index contributed by atoms with van der Waals surface area (Å²) >= 11 is 0. The van der Waals surface area contributed by atoms with Gasteiger partial charge in [-0.25, -0.2) is 13.5 Å². The van der Waals surface area contributed by atoms with Crippen LogP contribution in [0.4, 0.5) is 8.78 Å². The predicted octanol–water partition coefficient (Wildman–Crippen LogP) is 2.38. The molecular weight excluding hydrogens is 314 g/mol. The third-order valence-corrected chi connectivity index (χ3v) is 4.72. The fourth-order valence-corrected chi connectivity index (χ4v) is 3.15. The van der Waals surface area contributed by atoms with Crippen molar-refractivity contribution in [2.45, 2.75) is 38.3 Å². The molecule has 1 amide bonds. The van der Waals surface area contributed by atoms with Crippen LogP contribution in [0.15, 0.2) is 30.5 Å². The van der Waals surface area contributed by atoms with Crippen LogP contribution < -0.4 is 5.73 Å². The van der Waals surface area contributed by atoms with Crippen molar-refractivity contribution >= 4 is 5.91 Å². The van der Waals surface area contributed by atoms with Gasteiger partial charge in [0.25, 0.3) is 0 Å². The van der Waals surface area contributed by atoms with Crippen molar-refractivity contribution in [3.05, 3.63) is 47.8 Å². The summed E-state index contributed by atoms with van der Waals surface area (Å²) in [5, 5.41) is 4.35. The van der Waals surface area contributed by atoms with Gasteiger partial charge in [0, 0.05) is 18.8 Å². The standard InChI is InChI=1S/C17H20F2N4O/c1-17(16(20)24)7-2-3-8-22(17)11-13-6-9-23(21-13)15-5-4-12(18)10-14(15)19/h4-6,9-10H,2-3,7-8,11H2,1H3,(H2,20,24)/t17-/m0/s1. The molecule has 128 valence electrons. The molecule has 0 spiro atoms. The van der Waals surface area contributed by atoms with Crippen molar-refractivity contribution in [2.24, 2.45) is 5.73 Å². The molecule has 2 N–H and O–H groups in total. The molecule has 2 aromatic rings. The first-order valence-corrected chi connectivity index (χ1v) is 7.95. The Kier molecular flexibility index (Phi) is 4.36. The second-order valence-electron chi connectivity index (χ2n) is 6.36. The van der Waals surface area contributed by atoms with Crippen LogP contribution >= 0.6 is 0 Å². The number of likely N-dealkylation sites (tertiary alicyclic amines) is 1.